The first kappa shape index (κ1) is 9.16. The number of hydrogen-bond donors (Lipinski definition) is 1. The molecule has 1 N–H and O–H groups in total. The van der Waals surface area contributed by atoms with Crippen molar-refractivity contribution in [1.82, 2.24) is 0 Å². The predicted molar refractivity (Wildman–Crippen MR) is 42.1 cm³/mol. The van der Waals surface area contributed by atoms with E-state index in [9.17, 15) is 0 Å². The Morgan fingerprint density at radius 2 is 2.20 bits per heavy atom. The van der Waals surface area contributed by atoms with E-state index in [4.69, 9.17) is 10.7 Å². The Balaban J connectivity index is 3.15. The number of unbranched alkanes of at least 4 members (excludes halogenated alkanes) is 2. The third kappa shape index (κ3) is 5.30. The third-order valence-electron chi connectivity index (χ3n) is 1.37. The van der Waals surface area contributed by atoms with Gasteiger partial charge in [-0.05, 0) is 12.8 Å². The van der Waals surface area contributed by atoms with Crippen LogP contribution in [0.25, 0.3) is 0 Å². The molecule has 0 amide bonds. The van der Waals surface area contributed by atoms with Crippen molar-refractivity contribution in [1.29, 1.82) is 10.7 Å². The SMILES string of the molecule is CCCCCC(=N)CC#N. The molecule has 0 fully saturated rings. The van der Waals surface area contributed by atoms with Gasteiger partial charge in [-0.1, -0.05) is 19.8 Å². The van der Waals surface area contributed by atoms with Crippen molar-refractivity contribution in [3.8, 4) is 6.07 Å². The van der Waals surface area contributed by atoms with Crippen molar-refractivity contribution in [2.24, 2.45) is 0 Å². The Morgan fingerprint density at radius 1 is 1.50 bits per heavy atom. The molecule has 2 nitrogen and oxygen atoms in total. The van der Waals surface area contributed by atoms with Gasteiger partial charge in [0.05, 0.1) is 12.5 Å². The second-order valence-corrected chi connectivity index (χ2v) is 2.40. The maximum Gasteiger partial charge on any atom is 0.0728 e. The molecule has 0 aliphatic heterocycles. The minimum atomic E-state index is 0.309. The number of nitriles is 1. The molecule has 0 heterocycles. The standard InChI is InChI=1S/C8H14N2/c1-2-3-4-5-8(10)6-7-9/h10H,2-6H2,1H3. The summed E-state index contributed by atoms with van der Waals surface area (Å²) in [4.78, 5) is 0. The summed E-state index contributed by atoms with van der Waals surface area (Å²) in [7, 11) is 0. The lowest BCUT2D eigenvalue weighted by molar-refractivity contribution is 0.738. The maximum absolute atomic E-state index is 8.20. The van der Waals surface area contributed by atoms with Gasteiger partial charge in [0, 0.05) is 5.71 Å². The van der Waals surface area contributed by atoms with Gasteiger partial charge in [-0.2, -0.15) is 5.26 Å². The van der Waals surface area contributed by atoms with Crippen LogP contribution in [-0.2, 0) is 0 Å². The molecule has 0 unspecified atom stereocenters. The number of nitrogens with zero attached hydrogens (tertiary/aromatic N) is 1. The third-order valence-corrected chi connectivity index (χ3v) is 1.37. The molecule has 0 bridgehead atoms. The molecule has 0 aromatic carbocycles. The van der Waals surface area contributed by atoms with Gasteiger partial charge in [-0.15, -0.1) is 0 Å². The van der Waals surface area contributed by atoms with E-state index in [0.717, 1.165) is 12.8 Å². The Morgan fingerprint density at radius 3 is 2.70 bits per heavy atom. The van der Waals surface area contributed by atoms with E-state index in [2.05, 4.69) is 6.92 Å². The highest BCUT2D eigenvalue weighted by Crippen LogP contribution is 2.01. The van der Waals surface area contributed by atoms with Crippen LogP contribution >= 0.6 is 0 Å². The average molecular weight is 138 g/mol. The second-order valence-electron chi connectivity index (χ2n) is 2.40. The predicted octanol–water partition coefficient (Wildman–Crippen LogP) is 2.50. The molecule has 0 atom stereocenters. The molecule has 0 aromatic heterocycles. The lowest BCUT2D eigenvalue weighted by atomic mass is 10.1. The van der Waals surface area contributed by atoms with E-state index in [-0.39, 0.29) is 0 Å². The van der Waals surface area contributed by atoms with Crippen molar-refractivity contribution in [3.05, 3.63) is 0 Å². The van der Waals surface area contributed by atoms with E-state index in [1.807, 2.05) is 6.07 Å². The summed E-state index contributed by atoms with van der Waals surface area (Å²) in [6.45, 7) is 2.13. The van der Waals surface area contributed by atoms with Gasteiger partial charge in [-0.25, -0.2) is 0 Å². The molecule has 0 aliphatic carbocycles. The zero-order valence-electron chi connectivity index (χ0n) is 6.48. The van der Waals surface area contributed by atoms with Gasteiger partial charge in [0.2, 0.25) is 0 Å². The first-order valence-electron chi connectivity index (χ1n) is 3.74. The zero-order valence-corrected chi connectivity index (χ0v) is 6.48. The Bertz CT molecular complexity index is 133. The van der Waals surface area contributed by atoms with Crippen molar-refractivity contribution >= 4 is 5.71 Å². The highest BCUT2D eigenvalue weighted by molar-refractivity contribution is 5.83. The Hall–Kier alpha value is -0.840. The molecule has 0 aromatic rings. The molecule has 0 radical (unpaired) electrons. The van der Waals surface area contributed by atoms with E-state index in [1.165, 1.54) is 12.8 Å². The molecule has 2 heteroatoms. The van der Waals surface area contributed by atoms with Gasteiger partial charge in [0.25, 0.3) is 0 Å². The smallest absolute Gasteiger partial charge is 0.0728 e. The van der Waals surface area contributed by atoms with Crippen LogP contribution in [0.3, 0.4) is 0 Å². The summed E-state index contributed by atoms with van der Waals surface area (Å²) < 4.78 is 0. The van der Waals surface area contributed by atoms with Crippen LogP contribution < -0.4 is 0 Å². The van der Waals surface area contributed by atoms with Gasteiger partial charge >= 0.3 is 0 Å². The normalized spacial score (nSPS) is 8.80. The van der Waals surface area contributed by atoms with Crippen LogP contribution in [0.1, 0.15) is 39.0 Å². The fraction of sp³-hybridized carbons (Fsp3) is 0.750. The summed E-state index contributed by atoms with van der Waals surface area (Å²) >= 11 is 0. The van der Waals surface area contributed by atoms with Crippen LogP contribution in [0.15, 0.2) is 0 Å². The first-order valence-corrected chi connectivity index (χ1v) is 3.74. The maximum atomic E-state index is 8.20. The van der Waals surface area contributed by atoms with Crippen LogP contribution in [0.5, 0.6) is 0 Å². The Kier molecular flexibility index (Phi) is 5.75. The van der Waals surface area contributed by atoms with Gasteiger partial charge in [0.1, 0.15) is 0 Å². The summed E-state index contributed by atoms with van der Waals surface area (Å²) in [6, 6.07) is 1.97. The highest BCUT2D eigenvalue weighted by atomic mass is 14.4. The van der Waals surface area contributed by atoms with Crippen LogP contribution in [-0.4, -0.2) is 5.71 Å². The average Bonchev–Trinajstić information content (AvgIpc) is 1.89. The fourth-order valence-electron chi connectivity index (χ4n) is 0.772. The molecule has 0 saturated carbocycles. The van der Waals surface area contributed by atoms with Crippen LogP contribution in [0.4, 0.5) is 0 Å². The molecular weight excluding hydrogens is 124 g/mol. The van der Waals surface area contributed by atoms with Gasteiger partial charge in [0.15, 0.2) is 0 Å². The molecular formula is C8H14N2. The number of hydrogen-bond acceptors (Lipinski definition) is 2. The number of nitrogens with one attached hydrogen (secondary N) is 1. The number of rotatable bonds is 5. The largest absolute Gasteiger partial charge is 0.309 e. The molecule has 10 heavy (non-hydrogen) atoms. The molecule has 56 valence electrons. The van der Waals surface area contributed by atoms with Crippen LogP contribution in [0, 0.1) is 16.7 Å². The van der Waals surface area contributed by atoms with E-state index < -0.39 is 0 Å². The van der Waals surface area contributed by atoms with Crippen molar-refractivity contribution in [2.45, 2.75) is 39.0 Å². The van der Waals surface area contributed by atoms with Crippen molar-refractivity contribution in [3.63, 3.8) is 0 Å². The lowest BCUT2D eigenvalue weighted by Crippen LogP contribution is -1.93. The van der Waals surface area contributed by atoms with E-state index >= 15 is 0 Å². The lowest BCUT2D eigenvalue weighted by Gasteiger charge is -1.96. The summed E-state index contributed by atoms with van der Waals surface area (Å²) in [5, 5.41) is 15.4. The van der Waals surface area contributed by atoms with E-state index in [1.54, 1.807) is 0 Å². The fourth-order valence-corrected chi connectivity index (χ4v) is 0.772. The highest BCUT2D eigenvalue weighted by Gasteiger charge is 1.93. The second kappa shape index (κ2) is 6.28. The zero-order chi connectivity index (χ0) is 7.82. The topological polar surface area (TPSA) is 47.6 Å². The molecule has 0 aliphatic rings. The molecule has 0 saturated heterocycles. The van der Waals surface area contributed by atoms with E-state index in [0.29, 0.717) is 12.1 Å². The molecule has 0 rings (SSSR count). The summed E-state index contributed by atoms with van der Waals surface area (Å²) in [6.07, 6.45) is 4.54. The van der Waals surface area contributed by atoms with Crippen molar-refractivity contribution in [2.75, 3.05) is 0 Å². The van der Waals surface area contributed by atoms with Crippen molar-refractivity contribution < 1.29 is 0 Å². The van der Waals surface area contributed by atoms with Crippen LogP contribution in [0.2, 0.25) is 0 Å². The Labute approximate surface area is 62.4 Å². The summed E-state index contributed by atoms with van der Waals surface area (Å²) in [5.41, 5.74) is 0.580. The molecule has 0 spiro atoms. The van der Waals surface area contributed by atoms with Gasteiger partial charge in [-0.3, -0.25) is 0 Å². The monoisotopic (exact) mass is 138 g/mol. The quantitative estimate of drug-likeness (QED) is 0.460. The summed E-state index contributed by atoms with van der Waals surface area (Å²) in [5.74, 6) is 0. The minimum Gasteiger partial charge on any atom is -0.309 e. The first-order chi connectivity index (χ1) is 4.81. The minimum absolute atomic E-state index is 0.309. The van der Waals surface area contributed by atoms with Gasteiger partial charge < -0.3 is 5.41 Å².